The number of aryl methyl sites for hydroxylation is 2. The van der Waals surface area contributed by atoms with Crippen LogP contribution >= 0.6 is 54.0 Å². The third-order valence-corrected chi connectivity index (χ3v) is 10.3. The number of carboxylic acid groups (broad SMARTS) is 1. The van der Waals surface area contributed by atoms with Gasteiger partial charge in [0, 0.05) is 32.3 Å². The SMILES string of the molecule is C=CCN(CC=C)C(=O)C(Cl)Cl.CCOC(=O)C(C)OC(=O)c1cc(Oc2ccc(C(F)(F)F)cc2Cl)ccc1[N+](=O)[O-].CCc1cccc(C)c1N(C(=O)CCl)C(C)COC.O=C(O)CNCP(=O)(O)O. The smallest absolute Gasteiger partial charge is 0.416 e. The molecule has 27 heteroatoms. The molecule has 0 bridgehead atoms. The minimum absolute atomic E-state index is 0.0223. The van der Waals surface area contributed by atoms with Crippen LogP contribution in [0.1, 0.15) is 54.7 Å². The first-order valence-corrected chi connectivity index (χ1v) is 24.5. The second-order valence-electron chi connectivity index (χ2n) is 14.4. The average Bonchev–Trinajstić information content (AvgIpc) is 3.29. The lowest BCUT2D eigenvalue weighted by Gasteiger charge is -2.31. The normalized spacial score (nSPS) is 11.6. The summed E-state index contributed by atoms with van der Waals surface area (Å²) in [5.74, 6) is -3.93. The molecule has 3 rings (SSSR count). The molecule has 2 amide bonds. The molecular weight excluding hydrogens is 1070 g/mol. The Kier molecular flexibility index (Phi) is 31.0. The summed E-state index contributed by atoms with van der Waals surface area (Å²) in [5.41, 5.74) is 1.04. The van der Waals surface area contributed by atoms with Crippen molar-refractivity contribution in [2.24, 2.45) is 0 Å². The fraction of sp³-hybridized carbons (Fsp3) is 0.400. The summed E-state index contributed by atoms with van der Waals surface area (Å²) in [6.45, 7) is 16.8. The van der Waals surface area contributed by atoms with Gasteiger partial charge in [0.25, 0.3) is 11.6 Å². The quantitative estimate of drug-likeness (QED) is 0.0182. The fourth-order valence-corrected chi connectivity index (χ4v) is 6.68. The molecule has 3 aromatic carbocycles. The summed E-state index contributed by atoms with van der Waals surface area (Å²) in [4.78, 5) is 86.1. The van der Waals surface area contributed by atoms with Crippen molar-refractivity contribution in [3.63, 3.8) is 0 Å². The van der Waals surface area contributed by atoms with Gasteiger partial charge in [0.15, 0.2) is 10.9 Å². The Bertz CT molecular complexity index is 2350. The van der Waals surface area contributed by atoms with Gasteiger partial charge >= 0.3 is 31.7 Å². The number of alkyl halides is 6. The first-order chi connectivity index (χ1) is 33.5. The second kappa shape index (κ2) is 33.4. The molecule has 0 radical (unpaired) electrons. The highest BCUT2D eigenvalue weighted by molar-refractivity contribution is 7.51. The van der Waals surface area contributed by atoms with Crippen molar-refractivity contribution >= 4 is 95.1 Å². The number of aliphatic carboxylic acids is 1. The van der Waals surface area contributed by atoms with Crippen LogP contribution in [0.3, 0.4) is 0 Å². The van der Waals surface area contributed by atoms with Gasteiger partial charge in [-0.15, -0.1) is 24.8 Å². The van der Waals surface area contributed by atoms with E-state index in [4.69, 9.17) is 80.2 Å². The van der Waals surface area contributed by atoms with Crippen molar-refractivity contribution in [1.29, 1.82) is 0 Å². The van der Waals surface area contributed by atoms with Crippen molar-refractivity contribution in [2.75, 3.05) is 57.0 Å². The third kappa shape index (κ3) is 24.4. The van der Waals surface area contributed by atoms with E-state index in [1.807, 2.05) is 26.0 Å². The number of hydrogen-bond donors (Lipinski definition) is 4. The molecule has 0 saturated carbocycles. The minimum Gasteiger partial charge on any atom is -0.480 e. The number of nitrogens with zero attached hydrogens (tertiary/aromatic N) is 3. The number of halogens is 7. The molecular formula is C45H56Cl4F3N4O15P. The number of amides is 2. The first kappa shape index (κ1) is 66.7. The lowest BCUT2D eigenvalue weighted by atomic mass is 10.0. The summed E-state index contributed by atoms with van der Waals surface area (Å²) in [5, 5.41) is 20.9. The second-order valence-corrected chi connectivity index (χ2v) is 17.8. The number of esters is 2. The van der Waals surface area contributed by atoms with Crippen LogP contribution < -0.4 is 15.0 Å². The number of nitrogens with one attached hydrogen (secondary N) is 1. The number of methoxy groups -OCH3 is 1. The van der Waals surface area contributed by atoms with Gasteiger partial charge < -0.3 is 43.6 Å². The van der Waals surface area contributed by atoms with E-state index >= 15 is 0 Å². The Morgan fingerprint density at radius 1 is 1.00 bits per heavy atom. The van der Waals surface area contributed by atoms with E-state index in [0.29, 0.717) is 25.8 Å². The zero-order valence-corrected chi connectivity index (χ0v) is 43.7. The van der Waals surface area contributed by atoms with Crippen LogP contribution in [0.5, 0.6) is 11.5 Å². The van der Waals surface area contributed by atoms with Crippen LogP contribution in [-0.4, -0.2) is 124 Å². The molecule has 19 nitrogen and oxygen atoms in total. The van der Waals surface area contributed by atoms with Gasteiger partial charge in [0.1, 0.15) is 22.9 Å². The van der Waals surface area contributed by atoms with Crippen molar-refractivity contribution in [3.05, 3.63) is 117 Å². The van der Waals surface area contributed by atoms with Crippen LogP contribution in [0, 0.1) is 17.0 Å². The average molecular weight is 1120 g/mol. The topological polar surface area (TPSA) is 262 Å². The molecule has 0 aliphatic heterocycles. The van der Waals surface area contributed by atoms with Crippen LogP contribution in [0.25, 0.3) is 0 Å². The molecule has 0 spiro atoms. The lowest BCUT2D eigenvalue weighted by molar-refractivity contribution is -0.385. The van der Waals surface area contributed by atoms with Gasteiger partial charge in [-0.25, -0.2) is 9.59 Å². The Balaban J connectivity index is 0.00000104. The molecule has 0 heterocycles. The molecule has 0 aliphatic rings. The fourth-order valence-electron chi connectivity index (χ4n) is 5.65. The number of para-hydroxylation sites is 1. The van der Waals surface area contributed by atoms with Gasteiger partial charge in [-0.3, -0.25) is 34.4 Å². The van der Waals surface area contributed by atoms with Crippen molar-refractivity contribution in [1.82, 2.24) is 10.2 Å². The van der Waals surface area contributed by atoms with Gasteiger partial charge in [0.05, 0.1) is 53.3 Å². The number of nitro benzene ring substituents is 1. The van der Waals surface area contributed by atoms with E-state index in [1.54, 1.807) is 31.1 Å². The summed E-state index contributed by atoms with van der Waals surface area (Å²) in [7, 11) is -2.46. The molecule has 2 atom stereocenters. The molecule has 72 heavy (non-hydrogen) atoms. The van der Waals surface area contributed by atoms with E-state index in [1.165, 1.54) is 11.8 Å². The minimum atomic E-state index is -4.61. The van der Waals surface area contributed by atoms with Gasteiger partial charge in [-0.1, -0.05) is 72.1 Å². The molecule has 0 aromatic heterocycles. The molecule has 400 valence electrons. The highest BCUT2D eigenvalue weighted by atomic mass is 35.5. The number of benzene rings is 3. The summed E-state index contributed by atoms with van der Waals surface area (Å²) >= 11 is 22.4. The monoisotopic (exact) mass is 1120 g/mol. The van der Waals surface area contributed by atoms with Crippen LogP contribution in [0.4, 0.5) is 24.5 Å². The zero-order chi connectivity index (χ0) is 55.5. The molecule has 2 unspecified atom stereocenters. The van der Waals surface area contributed by atoms with E-state index in [9.17, 15) is 51.8 Å². The summed E-state index contributed by atoms with van der Waals surface area (Å²) in [6.07, 6.45) is -2.44. The third-order valence-electron chi connectivity index (χ3n) is 8.74. The lowest BCUT2D eigenvalue weighted by Crippen LogP contribution is -2.43. The molecule has 3 aromatic rings. The van der Waals surface area contributed by atoms with Crippen molar-refractivity contribution in [2.45, 2.75) is 64.2 Å². The molecule has 0 fully saturated rings. The predicted octanol–water partition coefficient (Wildman–Crippen LogP) is 9.12. The number of anilines is 1. The number of hydrogen-bond acceptors (Lipinski definition) is 13. The van der Waals surface area contributed by atoms with E-state index in [2.05, 4.69) is 31.5 Å². The number of ether oxygens (including phenoxy) is 4. The van der Waals surface area contributed by atoms with Crippen molar-refractivity contribution < 1.29 is 80.5 Å². The number of carbonyl (C=O) groups is 5. The van der Waals surface area contributed by atoms with E-state index in [-0.39, 0.29) is 46.9 Å². The van der Waals surface area contributed by atoms with Crippen LogP contribution in [-0.2, 0) is 50.6 Å². The van der Waals surface area contributed by atoms with Crippen LogP contribution in [0.15, 0.2) is 79.9 Å². The maximum absolute atomic E-state index is 12.8. The zero-order valence-electron chi connectivity index (χ0n) is 39.8. The first-order valence-electron chi connectivity index (χ1n) is 21.0. The number of nitro groups is 1. The van der Waals surface area contributed by atoms with Gasteiger partial charge in [-0.2, -0.15) is 13.2 Å². The molecule has 4 N–H and O–H groups in total. The molecule has 0 aliphatic carbocycles. The Labute approximate surface area is 434 Å². The Morgan fingerprint density at radius 2 is 1.61 bits per heavy atom. The maximum atomic E-state index is 12.8. The standard InChI is InChI=1S/C19H15ClF3NO7.C15H22ClNO2.C8H11Cl2NO.C3H8NO5P/c1-3-29-17(25)10(2)30-18(26)13-9-12(5-6-15(13)24(27)28)31-16-7-4-11(8-14(16)20)19(21,22)23;1-5-13-8-6-7-11(2)15(13)17(14(18)9-16)12(3)10-19-4;1-3-5-11(6-4-2)8(12)7(9)10;5-3(6)1-4-2-10(7,8)9/h4-10H,3H2,1-2H3;6-8,12H,5,9-10H2,1-4H3;3-4,7H,1-2,5-6H2;4H,1-2H2,(H,5,6)(H2,7,8,9). The number of carboxylic acids is 1. The highest BCUT2D eigenvalue weighted by Gasteiger charge is 2.32. The highest BCUT2D eigenvalue weighted by Crippen LogP contribution is 2.37. The summed E-state index contributed by atoms with van der Waals surface area (Å²) in [6, 6.07) is 11.4. The Hall–Kier alpha value is -5.29. The maximum Gasteiger partial charge on any atom is 0.416 e. The largest absolute Gasteiger partial charge is 0.480 e. The van der Waals surface area contributed by atoms with Crippen molar-refractivity contribution in [3.8, 4) is 11.5 Å². The molecule has 0 saturated heterocycles. The van der Waals surface area contributed by atoms with Gasteiger partial charge in [-0.05, 0) is 69.5 Å². The van der Waals surface area contributed by atoms with Crippen LogP contribution in [0.2, 0.25) is 5.02 Å². The number of rotatable bonds is 22. The number of carbonyl (C=O) groups excluding carboxylic acids is 4. The Morgan fingerprint density at radius 3 is 2.07 bits per heavy atom. The predicted molar refractivity (Wildman–Crippen MR) is 266 cm³/mol. The van der Waals surface area contributed by atoms with Gasteiger partial charge in [0.2, 0.25) is 5.91 Å². The van der Waals surface area contributed by atoms with E-state index in [0.717, 1.165) is 53.6 Å². The van der Waals surface area contributed by atoms with E-state index < -0.39 is 77.2 Å². The summed E-state index contributed by atoms with van der Waals surface area (Å²) < 4.78 is 68.4.